The monoisotopic (exact) mass is 316 g/mol. The van der Waals surface area contributed by atoms with Crippen LogP contribution >= 0.6 is 11.6 Å². The smallest absolute Gasteiger partial charge is 0.289 e. The second kappa shape index (κ2) is 5.48. The molecule has 0 fully saturated rings. The first-order valence-electron chi connectivity index (χ1n) is 5.88. The highest BCUT2D eigenvalue weighted by molar-refractivity contribution is 6.32. The van der Waals surface area contributed by atoms with Gasteiger partial charge in [-0.1, -0.05) is 29.8 Å². The van der Waals surface area contributed by atoms with E-state index in [1.807, 2.05) is 0 Å². The SMILES string of the molecule is Cc1c(Cl)cccc1C(=O)c1ccc(C(F)(F)F)c(F)c1. The van der Waals surface area contributed by atoms with Crippen molar-refractivity contribution in [3.05, 3.63) is 69.5 Å². The van der Waals surface area contributed by atoms with Gasteiger partial charge in [0.1, 0.15) is 5.82 Å². The summed E-state index contributed by atoms with van der Waals surface area (Å²) in [5.74, 6) is -2.06. The summed E-state index contributed by atoms with van der Waals surface area (Å²) >= 11 is 5.89. The standard InChI is InChI=1S/C15H9ClF4O/c1-8-10(3-2-4-12(8)16)14(21)9-5-6-11(13(17)7-9)15(18,19)20/h2-7H,1H3. The molecule has 110 valence electrons. The van der Waals surface area contributed by atoms with Crippen molar-refractivity contribution >= 4 is 17.4 Å². The van der Waals surface area contributed by atoms with E-state index in [4.69, 9.17) is 11.6 Å². The first kappa shape index (κ1) is 15.5. The van der Waals surface area contributed by atoms with Crippen molar-refractivity contribution in [3.8, 4) is 0 Å². The summed E-state index contributed by atoms with van der Waals surface area (Å²) in [7, 11) is 0. The largest absolute Gasteiger partial charge is 0.419 e. The number of hydrogen-bond acceptors (Lipinski definition) is 1. The molecule has 0 atom stereocenters. The lowest BCUT2D eigenvalue weighted by atomic mass is 9.98. The average molecular weight is 317 g/mol. The van der Waals surface area contributed by atoms with Crippen LogP contribution in [0.5, 0.6) is 0 Å². The van der Waals surface area contributed by atoms with Crippen molar-refractivity contribution in [3.63, 3.8) is 0 Å². The van der Waals surface area contributed by atoms with Crippen molar-refractivity contribution in [2.24, 2.45) is 0 Å². The number of carbonyl (C=O) groups excluding carboxylic acids is 1. The summed E-state index contributed by atoms with van der Waals surface area (Å²) in [6.07, 6.45) is -4.79. The fourth-order valence-electron chi connectivity index (χ4n) is 1.90. The minimum atomic E-state index is -4.79. The molecule has 0 aromatic heterocycles. The molecule has 2 rings (SSSR count). The molecule has 0 N–H and O–H groups in total. The van der Waals surface area contributed by atoms with Gasteiger partial charge in [0.15, 0.2) is 5.78 Å². The number of benzene rings is 2. The number of rotatable bonds is 2. The Bertz CT molecular complexity index is 707. The van der Waals surface area contributed by atoms with Gasteiger partial charge in [0.05, 0.1) is 5.56 Å². The Labute approximate surface area is 123 Å². The van der Waals surface area contributed by atoms with E-state index >= 15 is 0 Å². The summed E-state index contributed by atoms with van der Waals surface area (Å²) in [4.78, 5) is 12.2. The predicted molar refractivity (Wildman–Crippen MR) is 71.0 cm³/mol. The molecular weight excluding hydrogens is 308 g/mol. The molecule has 0 bridgehead atoms. The van der Waals surface area contributed by atoms with Gasteiger partial charge in [0, 0.05) is 16.1 Å². The molecule has 0 unspecified atom stereocenters. The summed E-state index contributed by atoms with van der Waals surface area (Å²) in [5.41, 5.74) is -0.848. The van der Waals surface area contributed by atoms with Crippen LogP contribution in [0.25, 0.3) is 0 Å². The Morgan fingerprint density at radius 1 is 1.14 bits per heavy atom. The van der Waals surface area contributed by atoms with Gasteiger partial charge in [-0.15, -0.1) is 0 Å². The highest BCUT2D eigenvalue weighted by Crippen LogP contribution is 2.32. The zero-order chi connectivity index (χ0) is 15.8. The summed E-state index contributed by atoms with van der Waals surface area (Å²) in [5, 5.41) is 0.355. The quantitative estimate of drug-likeness (QED) is 0.560. The van der Waals surface area contributed by atoms with Crippen molar-refractivity contribution in [2.45, 2.75) is 13.1 Å². The van der Waals surface area contributed by atoms with Gasteiger partial charge in [0.2, 0.25) is 0 Å². The Hall–Kier alpha value is -1.88. The highest BCUT2D eigenvalue weighted by Gasteiger charge is 2.34. The second-order valence-corrected chi connectivity index (χ2v) is 4.84. The predicted octanol–water partition coefficient (Wildman–Crippen LogP) is 5.04. The summed E-state index contributed by atoms with van der Waals surface area (Å²) in [6.45, 7) is 1.61. The zero-order valence-corrected chi connectivity index (χ0v) is 11.5. The van der Waals surface area contributed by atoms with E-state index in [9.17, 15) is 22.4 Å². The molecule has 0 spiro atoms. The highest BCUT2D eigenvalue weighted by atomic mass is 35.5. The lowest BCUT2D eigenvalue weighted by Gasteiger charge is -2.10. The van der Waals surface area contributed by atoms with E-state index in [2.05, 4.69) is 0 Å². The molecule has 0 aliphatic carbocycles. The van der Waals surface area contributed by atoms with E-state index < -0.39 is 23.3 Å². The van der Waals surface area contributed by atoms with Crippen LogP contribution in [0.15, 0.2) is 36.4 Å². The molecule has 21 heavy (non-hydrogen) atoms. The zero-order valence-electron chi connectivity index (χ0n) is 10.8. The van der Waals surface area contributed by atoms with Crippen molar-refractivity contribution in [1.82, 2.24) is 0 Å². The third-order valence-corrected chi connectivity index (χ3v) is 3.46. The molecule has 0 amide bonds. The molecule has 2 aromatic carbocycles. The van der Waals surface area contributed by atoms with Gasteiger partial charge in [-0.25, -0.2) is 4.39 Å². The molecule has 0 saturated heterocycles. The third kappa shape index (κ3) is 3.08. The fraction of sp³-hybridized carbons (Fsp3) is 0.133. The number of halogens is 5. The molecular formula is C15H9ClF4O. The Kier molecular flexibility index (Phi) is 4.05. The maximum absolute atomic E-state index is 13.5. The van der Waals surface area contributed by atoms with E-state index in [1.54, 1.807) is 19.1 Å². The molecule has 1 nitrogen and oxygen atoms in total. The van der Waals surface area contributed by atoms with Crippen LogP contribution in [-0.2, 0) is 6.18 Å². The Morgan fingerprint density at radius 3 is 2.38 bits per heavy atom. The topological polar surface area (TPSA) is 17.1 Å². The van der Waals surface area contributed by atoms with Crippen LogP contribution in [0, 0.1) is 12.7 Å². The molecule has 2 aromatic rings. The van der Waals surface area contributed by atoms with Crippen LogP contribution in [-0.4, -0.2) is 5.78 Å². The van der Waals surface area contributed by atoms with E-state index in [0.717, 1.165) is 6.07 Å². The first-order chi connectivity index (χ1) is 9.71. The van der Waals surface area contributed by atoms with Gasteiger partial charge in [-0.3, -0.25) is 4.79 Å². The minimum Gasteiger partial charge on any atom is -0.289 e. The van der Waals surface area contributed by atoms with Gasteiger partial charge in [-0.05, 0) is 30.7 Å². The molecule has 0 heterocycles. The normalized spacial score (nSPS) is 11.5. The van der Waals surface area contributed by atoms with Crippen LogP contribution in [0.1, 0.15) is 27.0 Å². The minimum absolute atomic E-state index is 0.161. The van der Waals surface area contributed by atoms with Crippen LogP contribution in [0.3, 0.4) is 0 Å². The van der Waals surface area contributed by atoms with E-state index in [-0.39, 0.29) is 11.1 Å². The van der Waals surface area contributed by atoms with Crippen LogP contribution in [0.2, 0.25) is 5.02 Å². The molecule has 6 heteroatoms. The van der Waals surface area contributed by atoms with E-state index in [1.165, 1.54) is 6.07 Å². The number of carbonyl (C=O) groups is 1. The van der Waals surface area contributed by atoms with Crippen LogP contribution in [0.4, 0.5) is 17.6 Å². The van der Waals surface area contributed by atoms with E-state index in [0.29, 0.717) is 22.7 Å². The first-order valence-corrected chi connectivity index (χ1v) is 6.26. The molecule has 0 aliphatic heterocycles. The second-order valence-electron chi connectivity index (χ2n) is 4.43. The lowest BCUT2D eigenvalue weighted by molar-refractivity contribution is -0.140. The number of hydrogen-bond donors (Lipinski definition) is 0. The van der Waals surface area contributed by atoms with Crippen LogP contribution < -0.4 is 0 Å². The van der Waals surface area contributed by atoms with Crippen molar-refractivity contribution in [1.29, 1.82) is 0 Å². The summed E-state index contributed by atoms with van der Waals surface area (Å²) in [6, 6.07) is 6.71. The van der Waals surface area contributed by atoms with Gasteiger partial charge < -0.3 is 0 Å². The average Bonchev–Trinajstić information content (AvgIpc) is 2.39. The fourth-order valence-corrected chi connectivity index (χ4v) is 2.07. The number of ketones is 1. The maximum atomic E-state index is 13.5. The molecule has 0 aliphatic rings. The maximum Gasteiger partial charge on any atom is 0.419 e. The third-order valence-electron chi connectivity index (χ3n) is 3.05. The van der Waals surface area contributed by atoms with Crippen molar-refractivity contribution < 1.29 is 22.4 Å². The summed E-state index contributed by atoms with van der Waals surface area (Å²) < 4.78 is 50.9. The van der Waals surface area contributed by atoms with Crippen molar-refractivity contribution in [2.75, 3.05) is 0 Å². The Balaban J connectivity index is 2.46. The number of alkyl halides is 3. The van der Waals surface area contributed by atoms with Gasteiger partial charge >= 0.3 is 6.18 Å². The molecule has 0 saturated carbocycles. The lowest BCUT2D eigenvalue weighted by Crippen LogP contribution is -2.10. The van der Waals surface area contributed by atoms with Gasteiger partial charge in [0.25, 0.3) is 0 Å². The molecule has 0 radical (unpaired) electrons. The van der Waals surface area contributed by atoms with Gasteiger partial charge in [-0.2, -0.15) is 13.2 Å². The Morgan fingerprint density at radius 2 is 1.81 bits per heavy atom.